The summed E-state index contributed by atoms with van der Waals surface area (Å²) >= 11 is 0. The van der Waals surface area contributed by atoms with Crippen LogP contribution in [0.1, 0.15) is 55.7 Å². The van der Waals surface area contributed by atoms with E-state index < -0.39 is 37.4 Å². The average molecular weight is 641 g/mol. The molecule has 2 heterocycles. The Bertz CT molecular complexity index is 1790. The second-order valence-corrected chi connectivity index (χ2v) is 15.6. The summed E-state index contributed by atoms with van der Waals surface area (Å²) in [6.45, 7) is 7.23. The Hall–Kier alpha value is -3.31. The maximum atomic E-state index is 13.2. The molecule has 2 N–H and O–H groups in total. The lowest BCUT2D eigenvalue weighted by Crippen LogP contribution is -2.38. The van der Waals surface area contributed by atoms with Crippen LogP contribution in [0.15, 0.2) is 90.0 Å². The number of ether oxygens (including phenoxy) is 1. The maximum absolute atomic E-state index is 13.2. The number of hydrogen-bond donors (Lipinski definition) is 2. The van der Waals surface area contributed by atoms with Crippen molar-refractivity contribution in [2.75, 3.05) is 18.6 Å². The molecule has 8 nitrogen and oxygen atoms in total. The number of pyridine rings is 1. The smallest absolute Gasteiger partial charge is 0.261 e. The van der Waals surface area contributed by atoms with Crippen LogP contribution in [0.5, 0.6) is 5.75 Å². The van der Waals surface area contributed by atoms with Gasteiger partial charge in [-0.25, -0.2) is 8.42 Å². The molecule has 10 heteroatoms. The van der Waals surface area contributed by atoms with E-state index in [9.17, 15) is 21.9 Å². The summed E-state index contributed by atoms with van der Waals surface area (Å²) in [6, 6.07) is 25.9. The minimum absolute atomic E-state index is 0.0894. The normalized spacial score (nSPS) is 18.9. The highest BCUT2D eigenvalue weighted by Gasteiger charge is 2.44. The first-order valence-corrected chi connectivity index (χ1v) is 18.2. The number of unbranched alkanes of at least 4 members (excludes halogenated alkanes) is 2. The molecule has 0 radical (unpaired) electrons. The number of aromatic nitrogens is 1. The fourth-order valence-corrected chi connectivity index (χ4v) is 7.89. The van der Waals surface area contributed by atoms with Crippen molar-refractivity contribution in [3.8, 4) is 5.75 Å². The molecule has 0 saturated carbocycles. The molecule has 5 rings (SSSR count). The summed E-state index contributed by atoms with van der Waals surface area (Å²) in [5, 5.41) is 12.7. The van der Waals surface area contributed by atoms with Crippen molar-refractivity contribution in [1.82, 2.24) is 0 Å². The van der Waals surface area contributed by atoms with Crippen LogP contribution in [-0.2, 0) is 26.5 Å². The molecular formula is C34H42NO7S2+. The van der Waals surface area contributed by atoms with Crippen molar-refractivity contribution < 1.29 is 35.8 Å². The number of para-hydroxylation sites is 1. The highest BCUT2D eigenvalue weighted by Crippen LogP contribution is 2.45. The average Bonchev–Trinajstić information content (AvgIpc) is 2.99. The van der Waals surface area contributed by atoms with Gasteiger partial charge in [-0.3, -0.25) is 4.55 Å². The minimum atomic E-state index is -3.67. The Morgan fingerprint density at radius 1 is 0.955 bits per heavy atom. The predicted molar refractivity (Wildman–Crippen MR) is 172 cm³/mol. The van der Waals surface area contributed by atoms with E-state index in [0.717, 1.165) is 42.7 Å². The second kappa shape index (κ2) is 13.8. The van der Waals surface area contributed by atoms with Crippen molar-refractivity contribution in [3.05, 3.63) is 102 Å². The Kier molecular flexibility index (Phi) is 10.5. The third-order valence-electron chi connectivity index (χ3n) is 7.85. The molecule has 0 aliphatic carbocycles. The molecule has 0 saturated heterocycles. The van der Waals surface area contributed by atoms with E-state index >= 15 is 0 Å². The van der Waals surface area contributed by atoms with Gasteiger partial charge in [0.05, 0.1) is 29.6 Å². The second-order valence-electron chi connectivity index (χ2n) is 12.2. The summed E-state index contributed by atoms with van der Waals surface area (Å²) < 4.78 is 60.6. The number of fused-ring (bicyclic) bond motifs is 2. The molecule has 1 aliphatic heterocycles. The molecule has 0 bridgehead atoms. The zero-order chi connectivity index (χ0) is 32.1. The van der Waals surface area contributed by atoms with Gasteiger partial charge in [-0.05, 0) is 61.2 Å². The summed E-state index contributed by atoms with van der Waals surface area (Å²) in [6.07, 6.45) is 5.13. The highest BCUT2D eigenvalue weighted by molar-refractivity contribution is 7.91. The van der Waals surface area contributed by atoms with Crippen molar-refractivity contribution in [2.45, 2.75) is 63.5 Å². The van der Waals surface area contributed by atoms with Crippen molar-refractivity contribution >= 4 is 30.9 Å². The van der Waals surface area contributed by atoms with Crippen molar-refractivity contribution in [2.24, 2.45) is 5.41 Å². The molecule has 0 spiro atoms. The van der Waals surface area contributed by atoms with Gasteiger partial charge >= 0.3 is 0 Å². The number of aliphatic hydroxyl groups is 1. The van der Waals surface area contributed by atoms with Gasteiger partial charge in [0, 0.05) is 35.3 Å². The predicted octanol–water partition coefficient (Wildman–Crippen LogP) is 5.50. The molecule has 236 valence electrons. The van der Waals surface area contributed by atoms with Crippen molar-refractivity contribution in [1.29, 1.82) is 0 Å². The van der Waals surface area contributed by atoms with Gasteiger partial charge in [-0.15, -0.1) is 0 Å². The van der Waals surface area contributed by atoms with Crippen LogP contribution in [0.25, 0.3) is 10.9 Å². The van der Waals surface area contributed by atoms with Crippen LogP contribution in [-0.4, -0.2) is 51.2 Å². The fourth-order valence-electron chi connectivity index (χ4n) is 5.77. The lowest BCUT2D eigenvalue weighted by atomic mass is 9.75. The first-order valence-electron chi connectivity index (χ1n) is 14.7. The molecule has 1 aromatic heterocycles. The number of aryl methyl sites for hydroxylation is 2. The standard InChI is InChI=1S/C33H38NO4S.CH4O3S/c1-24-13-18-30-28(22-24)31(32(35)33(2,3)23-39(30,36)37)26-14-16-27(17-15-26)38-21-8-4-7-19-34-20-9-11-25-10-5-6-12-29(25)34;1-5(2,3)4/h5-6,9-18,20,22,31-32,35H,4,7-8,19,21,23H2,1-3H3;1H3,(H,2,3,4)/q+1;/t31-,32-;/m1./s1. The number of hydrogen-bond acceptors (Lipinski definition) is 6. The van der Waals surface area contributed by atoms with E-state index in [1.54, 1.807) is 6.07 Å². The monoisotopic (exact) mass is 640 g/mol. The molecular weight excluding hydrogens is 599 g/mol. The van der Waals surface area contributed by atoms with Crippen LogP contribution in [0.3, 0.4) is 0 Å². The van der Waals surface area contributed by atoms with Crippen LogP contribution in [0.4, 0.5) is 0 Å². The Labute approximate surface area is 261 Å². The number of nitrogens with zero attached hydrogens (tertiary/aromatic N) is 1. The van der Waals surface area contributed by atoms with Crippen molar-refractivity contribution in [3.63, 3.8) is 0 Å². The number of rotatable bonds is 8. The molecule has 44 heavy (non-hydrogen) atoms. The highest BCUT2D eigenvalue weighted by atomic mass is 32.2. The third kappa shape index (κ3) is 8.65. The summed E-state index contributed by atoms with van der Waals surface area (Å²) in [5.41, 5.74) is 2.99. The SMILES string of the molecule is CS(=O)(=O)O.Cc1ccc2c(c1)[C@@H](c1ccc(OCCCCC[n+]3cccc4ccccc43)cc1)[C@@H](O)C(C)(C)CS2(=O)=O. The van der Waals surface area contributed by atoms with Gasteiger partial charge < -0.3 is 9.84 Å². The summed E-state index contributed by atoms with van der Waals surface area (Å²) in [4.78, 5) is 0.324. The van der Waals surface area contributed by atoms with Gasteiger partial charge in [-0.2, -0.15) is 13.0 Å². The van der Waals surface area contributed by atoms with Crippen LogP contribution >= 0.6 is 0 Å². The molecule has 3 aromatic carbocycles. The first-order chi connectivity index (χ1) is 20.7. The van der Waals surface area contributed by atoms with Crippen LogP contribution in [0, 0.1) is 12.3 Å². The van der Waals surface area contributed by atoms with E-state index in [4.69, 9.17) is 9.29 Å². The van der Waals surface area contributed by atoms with E-state index in [2.05, 4.69) is 47.2 Å². The number of sulfone groups is 1. The quantitative estimate of drug-likeness (QED) is 0.148. The van der Waals surface area contributed by atoms with Crippen LogP contribution < -0.4 is 9.30 Å². The maximum Gasteiger partial charge on any atom is 0.261 e. The van der Waals surface area contributed by atoms with Gasteiger partial charge in [0.2, 0.25) is 5.52 Å². The zero-order valence-corrected chi connectivity index (χ0v) is 27.3. The van der Waals surface area contributed by atoms with E-state index in [-0.39, 0.29) is 5.75 Å². The largest absolute Gasteiger partial charge is 0.494 e. The zero-order valence-electron chi connectivity index (χ0n) is 25.7. The number of benzene rings is 3. The summed E-state index contributed by atoms with van der Waals surface area (Å²) in [7, 11) is -7.19. The van der Waals surface area contributed by atoms with Gasteiger partial charge in [-0.1, -0.05) is 55.8 Å². The lowest BCUT2D eigenvalue weighted by Gasteiger charge is -2.33. The summed E-state index contributed by atoms with van der Waals surface area (Å²) in [5.74, 6) is 0.253. The molecule has 0 amide bonds. The van der Waals surface area contributed by atoms with E-state index in [1.165, 1.54) is 10.9 Å². The Balaban J connectivity index is 0.000000818. The molecule has 0 unspecified atom stereocenters. The molecule has 1 aliphatic rings. The molecule has 4 aromatic rings. The van der Waals surface area contributed by atoms with Gasteiger partial charge in [0.25, 0.3) is 10.1 Å². The lowest BCUT2D eigenvalue weighted by molar-refractivity contribution is -0.671. The topological polar surface area (TPSA) is 122 Å². The fraction of sp³-hybridized carbons (Fsp3) is 0.382. The van der Waals surface area contributed by atoms with Gasteiger partial charge in [0.15, 0.2) is 16.0 Å². The Morgan fingerprint density at radius 2 is 1.61 bits per heavy atom. The Morgan fingerprint density at radius 3 is 2.32 bits per heavy atom. The van der Waals surface area contributed by atoms with Gasteiger partial charge in [0.1, 0.15) is 12.3 Å². The third-order valence-corrected chi connectivity index (χ3v) is 10.0. The van der Waals surface area contributed by atoms with Crippen LogP contribution in [0.2, 0.25) is 0 Å². The molecule has 0 fully saturated rings. The molecule has 2 atom stereocenters. The number of aliphatic hydroxyl groups excluding tert-OH is 1. The van der Waals surface area contributed by atoms with E-state index in [0.29, 0.717) is 23.3 Å². The first kappa shape index (κ1) is 33.6. The van der Waals surface area contributed by atoms with E-state index in [1.807, 2.05) is 57.2 Å². The minimum Gasteiger partial charge on any atom is -0.494 e.